The molecule has 7 nitrogen and oxygen atoms in total. The topological polar surface area (TPSA) is 116 Å². The van der Waals surface area contributed by atoms with Gasteiger partial charge in [-0.05, 0) is 24.8 Å². The molecule has 0 saturated heterocycles. The molecule has 1 aromatic rings. The van der Waals surface area contributed by atoms with E-state index < -0.39 is 29.8 Å². The normalized spacial score (nSPS) is 21.2. The maximum absolute atomic E-state index is 12.7. The monoisotopic (exact) mass is 348 g/mol. The molecule has 4 N–H and O–H groups in total. The van der Waals surface area contributed by atoms with Crippen LogP contribution < -0.4 is 10.8 Å². The largest absolute Gasteiger partial charge is 0.481 e. The van der Waals surface area contributed by atoms with Gasteiger partial charge in [0.2, 0.25) is 11.8 Å². The second kappa shape index (κ2) is 9.17. The summed E-state index contributed by atoms with van der Waals surface area (Å²) >= 11 is 0. The molecule has 136 valence electrons. The van der Waals surface area contributed by atoms with E-state index in [1.165, 1.54) is 0 Å². The number of aliphatic carboxylic acids is 1. The molecule has 0 radical (unpaired) electrons. The van der Waals surface area contributed by atoms with Crippen molar-refractivity contribution < 1.29 is 24.7 Å². The number of hydrogen-bond acceptors (Lipinski definition) is 4. The molecule has 1 saturated carbocycles. The maximum Gasteiger partial charge on any atom is 0.308 e. The van der Waals surface area contributed by atoms with Crippen molar-refractivity contribution >= 4 is 17.8 Å². The Morgan fingerprint density at radius 3 is 2.44 bits per heavy atom. The van der Waals surface area contributed by atoms with Crippen molar-refractivity contribution in [2.45, 2.75) is 44.6 Å². The Morgan fingerprint density at radius 2 is 1.80 bits per heavy atom. The number of carbonyl (C=O) groups excluding carboxylic acids is 2. The summed E-state index contributed by atoms with van der Waals surface area (Å²) < 4.78 is 0. The lowest BCUT2D eigenvalue weighted by molar-refractivity contribution is -0.144. The number of carbonyl (C=O) groups is 3. The summed E-state index contributed by atoms with van der Waals surface area (Å²) in [6.07, 6.45) is 3.04. The first-order valence-corrected chi connectivity index (χ1v) is 8.51. The van der Waals surface area contributed by atoms with Crippen LogP contribution in [0.3, 0.4) is 0 Å². The van der Waals surface area contributed by atoms with Gasteiger partial charge in [0.05, 0.1) is 11.8 Å². The van der Waals surface area contributed by atoms with Crippen LogP contribution in [0.4, 0.5) is 0 Å². The second-order valence-electron chi connectivity index (χ2n) is 6.47. The predicted octanol–water partition coefficient (Wildman–Crippen LogP) is 1.50. The molecule has 0 bridgehead atoms. The number of rotatable bonds is 7. The summed E-state index contributed by atoms with van der Waals surface area (Å²) in [5.41, 5.74) is 2.45. The van der Waals surface area contributed by atoms with Crippen LogP contribution in [0.5, 0.6) is 0 Å². The number of carboxylic acid groups (broad SMARTS) is 1. The summed E-state index contributed by atoms with van der Waals surface area (Å²) in [6.45, 7) is 0. The van der Waals surface area contributed by atoms with Crippen molar-refractivity contribution in [3.63, 3.8) is 0 Å². The molecular formula is C18H24N2O5. The summed E-state index contributed by atoms with van der Waals surface area (Å²) in [7, 11) is 0. The fourth-order valence-electron chi connectivity index (χ4n) is 3.33. The van der Waals surface area contributed by atoms with Gasteiger partial charge in [-0.25, -0.2) is 5.48 Å². The number of nitrogens with one attached hydrogen (secondary N) is 2. The lowest BCUT2D eigenvalue weighted by Crippen LogP contribution is -2.48. The first-order chi connectivity index (χ1) is 12.0. The lowest BCUT2D eigenvalue weighted by atomic mass is 9.84. The van der Waals surface area contributed by atoms with E-state index in [4.69, 9.17) is 5.21 Å². The third-order valence-electron chi connectivity index (χ3n) is 4.66. The van der Waals surface area contributed by atoms with Crippen LogP contribution in [0.25, 0.3) is 0 Å². The van der Waals surface area contributed by atoms with Crippen LogP contribution in [0.2, 0.25) is 0 Å². The minimum atomic E-state index is -0.905. The fourth-order valence-corrected chi connectivity index (χ4v) is 3.33. The highest BCUT2D eigenvalue weighted by Gasteiger charge is 2.33. The number of hydroxylamine groups is 1. The highest BCUT2D eigenvalue weighted by atomic mass is 16.5. The average molecular weight is 348 g/mol. The van der Waals surface area contributed by atoms with Crippen molar-refractivity contribution in [2.24, 2.45) is 11.8 Å². The van der Waals surface area contributed by atoms with Gasteiger partial charge < -0.3 is 10.4 Å². The zero-order valence-corrected chi connectivity index (χ0v) is 14.0. The molecule has 2 amide bonds. The Bertz CT molecular complexity index is 605. The van der Waals surface area contributed by atoms with Gasteiger partial charge >= 0.3 is 5.97 Å². The smallest absolute Gasteiger partial charge is 0.308 e. The van der Waals surface area contributed by atoms with Crippen LogP contribution in [-0.2, 0) is 20.8 Å². The van der Waals surface area contributed by atoms with Gasteiger partial charge in [-0.15, -0.1) is 0 Å². The molecular weight excluding hydrogens is 324 g/mol. The van der Waals surface area contributed by atoms with Gasteiger partial charge in [0.25, 0.3) is 0 Å². The minimum Gasteiger partial charge on any atom is -0.481 e. The van der Waals surface area contributed by atoms with Gasteiger partial charge in [0, 0.05) is 12.5 Å². The van der Waals surface area contributed by atoms with E-state index in [1.807, 2.05) is 30.3 Å². The summed E-state index contributed by atoms with van der Waals surface area (Å²) in [6, 6.07) is 8.85. The zero-order chi connectivity index (χ0) is 18.2. The lowest BCUT2D eigenvalue weighted by Gasteiger charge is -2.30. The van der Waals surface area contributed by atoms with E-state index in [9.17, 15) is 19.5 Å². The van der Waals surface area contributed by atoms with Gasteiger partial charge in [0.1, 0.15) is 0 Å². The van der Waals surface area contributed by atoms with E-state index in [-0.39, 0.29) is 12.3 Å². The molecule has 1 aliphatic carbocycles. The van der Waals surface area contributed by atoms with Gasteiger partial charge in [0.15, 0.2) is 0 Å². The number of hydrogen-bond donors (Lipinski definition) is 4. The molecule has 1 aromatic carbocycles. The maximum atomic E-state index is 12.7. The van der Waals surface area contributed by atoms with Gasteiger partial charge in [-0.1, -0.05) is 43.2 Å². The minimum absolute atomic E-state index is 0.165. The Morgan fingerprint density at radius 1 is 1.12 bits per heavy atom. The number of amides is 2. The van der Waals surface area contributed by atoms with Gasteiger partial charge in [-0.3, -0.25) is 19.6 Å². The Hall–Kier alpha value is -2.41. The fraction of sp³-hybridized carbons (Fsp3) is 0.500. The summed E-state index contributed by atoms with van der Waals surface area (Å²) in [4.78, 5) is 35.6. The summed E-state index contributed by atoms with van der Waals surface area (Å²) in [5.74, 6) is -3.18. The van der Waals surface area contributed by atoms with Crippen LogP contribution in [0, 0.1) is 11.8 Å². The van der Waals surface area contributed by atoms with Crippen molar-refractivity contribution in [2.75, 3.05) is 0 Å². The van der Waals surface area contributed by atoms with E-state index in [0.29, 0.717) is 19.3 Å². The molecule has 0 spiro atoms. The average Bonchev–Trinajstić information content (AvgIpc) is 2.62. The molecule has 2 rings (SSSR count). The first-order valence-electron chi connectivity index (χ1n) is 8.51. The standard InChI is InChI=1S/C18H24N2O5/c21-16(20-25)11-13(10-12-6-2-1-3-7-12)17(22)19-15-9-5-4-8-14(15)18(23)24/h1-3,6-7,13-15,25H,4-5,8-11H2,(H,19,22)(H,20,21)(H,23,24)/t13-,14+,15-/m1/s1. The Kier molecular flexibility index (Phi) is 6.94. The second-order valence-corrected chi connectivity index (χ2v) is 6.47. The molecule has 0 unspecified atom stereocenters. The van der Waals surface area contributed by atoms with Crippen molar-refractivity contribution in [3.05, 3.63) is 35.9 Å². The number of carboxylic acids is 1. The molecule has 1 fully saturated rings. The third-order valence-corrected chi connectivity index (χ3v) is 4.66. The van der Waals surface area contributed by atoms with Crippen molar-refractivity contribution in [1.29, 1.82) is 0 Å². The Balaban J connectivity index is 2.08. The highest BCUT2D eigenvalue weighted by molar-refractivity contribution is 5.86. The Labute approximate surface area is 146 Å². The summed E-state index contributed by atoms with van der Waals surface area (Å²) in [5, 5.41) is 20.9. The van der Waals surface area contributed by atoms with Crippen molar-refractivity contribution in [3.8, 4) is 0 Å². The molecule has 3 atom stereocenters. The SMILES string of the molecule is O=C(C[C@@H](Cc1ccccc1)C(=O)N[C@@H]1CCCC[C@@H]1C(=O)O)NO. The van der Waals surface area contributed by atoms with Crippen LogP contribution in [-0.4, -0.2) is 34.1 Å². The molecule has 7 heteroatoms. The van der Waals surface area contributed by atoms with Crippen molar-refractivity contribution in [1.82, 2.24) is 10.8 Å². The molecule has 1 aliphatic rings. The molecule has 25 heavy (non-hydrogen) atoms. The first kappa shape index (κ1) is 18.9. The van der Waals surface area contributed by atoms with Crippen LogP contribution in [0.1, 0.15) is 37.7 Å². The third kappa shape index (κ3) is 5.56. The number of benzene rings is 1. The van der Waals surface area contributed by atoms with Gasteiger partial charge in [-0.2, -0.15) is 0 Å². The van der Waals surface area contributed by atoms with E-state index in [2.05, 4.69) is 5.32 Å². The predicted molar refractivity (Wildman–Crippen MR) is 89.7 cm³/mol. The van der Waals surface area contributed by atoms with Crippen LogP contribution >= 0.6 is 0 Å². The quantitative estimate of drug-likeness (QED) is 0.440. The molecule has 0 aliphatic heterocycles. The van der Waals surface area contributed by atoms with E-state index in [1.54, 1.807) is 5.48 Å². The molecule has 0 heterocycles. The van der Waals surface area contributed by atoms with E-state index >= 15 is 0 Å². The molecule has 0 aromatic heterocycles. The zero-order valence-electron chi connectivity index (χ0n) is 14.0. The highest BCUT2D eigenvalue weighted by Crippen LogP contribution is 2.25. The van der Waals surface area contributed by atoms with E-state index in [0.717, 1.165) is 18.4 Å². The van der Waals surface area contributed by atoms with Crippen LogP contribution in [0.15, 0.2) is 30.3 Å².